The van der Waals surface area contributed by atoms with E-state index in [9.17, 15) is 39.3 Å². The lowest BCUT2D eigenvalue weighted by Crippen LogP contribution is -2.61. The standard InChI is InChI=1S/C51H79NO13/c1-30-16-12-11-13-17-31(2)42(61-8)28-38-21-19-36(7)51(60,65-38)48(57)49(58)52-23-15-14-18-39(52)50(59)64-43(33(4)26-37-20-22-40(53)44(27-37)62-9)29-41(54)32(3)25-35(6)46(56)47(63-10)45(55)34(5)24-30/h11-13,16-17,25,30,33-40,42-44,46-47,53,56,60H,14-15,18-24,26-29H2,1-10H3/t30-,33-,34-,35?,36-,37+,38+,39+,40?,42+,43+,44-,46-,47+,51-/m1/s1. The molecular weight excluding hydrogens is 835 g/mol. The average molecular weight is 914 g/mol. The molecule has 2 unspecified atom stereocenters. The molecule has 366 valence electrons. The van der Waals surface area contributed by atoms with Crippen molar-refractivity contribution in [1.29, 1.82) is 0 Å². The fourth-order valence-electron chi connectivity index (χ4n) is 10.1. The first kappa shape index (κ1) is 54.2. The lowest BCUT2D eigenvalue weighted by molar-refractivity contribution is -0.265. The highest BCUT2D eigenvalue weighted by molar-refractivity contribution is 6.39. The van der Waals surface area contributed by atoms with Crippen molar-refractivity contribution in [3.63, 3.8) is 0 Å². The minimum Gasteiger partial charge on any atom is -0.460 e. The Hall–Kier alpha value is -3.37. The Morgan fingerprint density at radius 2 is 1.58 bits per heavy atom. The Labute approximate surface area is 387 Å². The number of amides is 1. The highest BCUT2D eigenvalue weighted by Gasteiger charge is 2.53. The number of aliphatic hydroxyl groups is 3. The number of carbonyl (C=O) groups excluding carboxylic acids is 5. The van der Waals surface area contributed by atoms with Crippen LogP contribution in [0.25, 0.3) is 0 Å². The quantitative estimate of drug-likeness (QED) is 0.202. The van der Waals surface area contributed by atoms with E-state index in [1.54, 1.807) is 41.1 Å². The summed E-state index contributed by atoms with van der Waals surface area (Å²) in [6, 6.07) is -1.14. The highest BCUT2D eigenvalue weighted by atomic mass is 16.6. The van der Waals surface area contributed by atoms with Crippen LogP contribution >= 0.6 is 0 Å². The number of esters is 1. The smallest absolute Gasteiger partial charge is 0.329 e. The van der Waals surface area contributed by atoms with Crippen LogP contribution in [-0.2, 0) is 47.7 Å². The Morgan fingerprint density at radius 1 is 0.862 bits per heavy atom. The summed E-state index contributed by atoms with van der Waals surface area (Å²) in [5, 5.41) is 33.9. The largest absolute Gasteiger partial charge is 0.460 e. The first-order chi connectivity index (χ1) is 30.7. The Kier molecular flexibility index (Phi) is 21.0. The first-order valence-corrected chi connectivity index (χ1v) is 23.9. The van der Waals surface area contributed by atoms with Gasteiger partial charge in [0.25, 0.3) is 11.7 Å². The number of methoxy groups -OCH3 is 3. The van der Waals surface area contributed by atoms with Crippen LogP contribution in [0.3, 0.4) is 0 Å². The molecule has 4 aliphatic rings. The lowest BCUT2D eigenvalue weighted by Gasteiger charge is -2.42. The van der Waals surface area contributed by atoms with Crippen LogP contribution in [0, 0.1) is 35.5 Å². The Balaban J connectivity index is 1.70. The molecule has 0 spiro atoms. The van der Waals surface area contributed by atoms with Crippen molar-refractivity contribution in [2.75, 3.05) is 27.9 Å². The maximum absolute atomic E-state index is 14.4. The second-order valence-corrected chi connectivity index (χ2v) is 19.6. The van der Waals surface area contributed by atoms with Crippen molar-refractivity contribution in [2.45, 2.75) is 180 Å². The van der Waals surface area contributed by atoms with E-state index in [-0.39, 0.29) is 54.8 Å². The molecule has 1 amide bonds. The number of rotatable bonds is 6. The van der Waals surface area contributed by atoms with Gasteiger partial charge in [0, 0.05) is 58.5 Å². The maximum atomic E-state index is 14.4. The zero-order valence-corrected chi connectivity index (χ0v) is 40.6. The maximum Gasteiger partial charge on any atom is 0.329 e. The first-order valence-electron chi connectivity index (χ1n) is 23.9. The van der Waals surface area contributed by atoms with E-state index in [1.165, 1.54) is 12.0 Å². The number of fused-ring (bicyclic) bond motifs is 3. The molecule has 0 aromatic heterocycles. The molecule has 2 saturated heterocycles. The topological polar surface area (TPSA) is 195 Å². The van der Waals surface area contributed by atoms with Gasteiger partial charge in [-0.3, -0.25) is 19.2 Å². The molecule has 0 radical (unpaired) electrons. The molecule has 1 aliphatic carbocycles. The summed E-state index contributed by atoms with van der Waals surface area (Å²) in [6.07, 6.45) is 11.2. The predicted octanol–water partition coefficient (Wildman–Crippen LogP) is 6.18. The van der Waals surface area contributed by atoms with E-state index in [2.05, 4.69) is 0 Å². The van der Waals surface area contributed by atoms with Crippen molar-refractivity contribution in [3.8, 4) is 0 Å². The molecule has 14 heteroatoms. The number of nitrogens with zero attached hydrogens (tertiary/aromatic N) is 1. The second-order valence-electron chi connectivity index (χ2n) is 19.6. The number of piperidine rings is 1. The van der Waals surface area contributed by atoms with Crippen LogP contribution in [0.4, 0.5) is 0 Å². The number of allylic oxidation sites excluding steroid dienone is 6. The van der Waals surface area contributed by atoms with Crippen molar-refractivity contribution >= 4 is 29.2 Å². The van der Waals surface area contributed by atoms with Crippen molar-refractivity contribution in [1.82, 2.24) is 4.90 Å². The number of ketones is 3. The molecule has 1 saturated carbocycles. The number of aliphatic hydroxyl groups excluding tert-OH is 2. The van der Waals surface area contributed by atoms with Crippen molar-refractivity contribution in [3.05, 3.63) is 47.6 Å². The summed E-state index contributed by atoms with van der Waals surface area (Å²) < 4.78 is 29.4. The number of ether oxygens (including phenoxy) is 5. The SMILES string of the molecule is CO[C@H]1C[C@@H]2CC[C@@H](C)[C@@](O)(O2)C(=O)C(=O)N2CCCC[C@H]2C(=O)O[C@H]([C@H](C)C[C@@H]2CCC(O)[C@H](OC)C2)CC(=O)C(C)=CC(C)[C@@H](O)[C@@H](OC)C(=O)[C@H](C)C[C@H](C)C=CC=CC=C1C. The fraction of sp³-hybridized carbons (Fsp3) is 0.745. The third-order valence-corrected chi connectivity index (χ3v) is 14.5. The third kappa shape index (κ3) is 14.3. The molecule has 15 atom stereocenters. The molecule has 3 N–H and O–H groups in total. The summed E-state index contributed by atoms with van der Waals surface area (Å²) >= 11 is 0. The van der Waals surface area contributed by atoms with Gasteiger partial charge in [-0.2, -0.15) is 0 Å². The fourth-order valence-corrected chi connectivity index (χ4v) is 10.1. The van der Waals surface area contributed by atoms with Crippen LogP contribution in [0.15, 0.2) is 47.6 Å². The van der Waals surface area contributed by atoms with E-state index in [4.69, 9.17) is 23.7 Å². The van der Waals surface area contributed by atoms with Crippen molar-refractivity contribution < 1.29 is 63.0 Å². The minimum atomic E-state index is -2.43. The normalized spacial score (nSPS) is 37.8. The Bertz CT molecular complexity index is 1760. The van der Waals surface area contributed by atoms with E-state index >= 15 is 0 Å². The van der Waals surface area contributed by atoms with E-state index < -0.39 is 83.9 Å². The average Bonchev–Trinajstić information content (AvgIpc) is 3.28. The van der Waals surface area contributed by atoms with Crippen LogP contribution < -0.4 is 0 Å². The molecule has 0 aromatic carbocycles. The summed E-state index contributed by atoms with van der Waals surface area (Å²) in [5.74, 6) is -7.93. The summed E-state index contributed by atoms with van der Waals surface area (Å²) in [4.78, 5) is 71.7. The number of carbonyl (C=O) groups is 5. The molecule has 3 heterocycles. The van der Waals surface area contributed by atoms with Gasteiger partial charge in [0.2, 0.25) is 5.79 Å². The van der Waals surface area contributed by atoms with Gasteiger partial charge in [-0.15, -0.1) is 0 Å². The second kappa shape index (κ2) is 25.1. The third-order valence-electron chi connectivity index (χ3n) is 14.5. The van der Waals surface area contributed by atoms with Gasteiger partial charge >= 0.3 is 5.97 Å². The molecule has 0 aromatic rings. The molecule has 4 rings (SSSR count). The number of hydrogen-bond donors (Lipinski definition) is 3. The van der Waals surface area contributed by atoms with Crippen LogP contribution in [-0.4, -0.2) is 132 Å². The zero-order valence-electron chi connectivity index (χ0n) is 40.6. The van der Waals surface area contributed by atoms with Crippen LogP contribution in [0.1, 0.15) is 126 Å². The monoisotopic (exact) mass is 914 g/mol. The molecular formula is C51H79NO13. The van der Waals surface area contributed by atoms with Crippen LogP contribution in [0.2, 0.25) is 0 Å². The van der Waals surface area contributed by atoms with Gasteiger partial charge in [0.05, 0.1) is 30.5 Å². The number of cyclic esters (lactones) is 1. The van der Waals surface area contributed by atoms with Crippen molar-refractivity contribution in [2.24, 2.45) is 35.5 Å². The van der Waals surface area contributed by atoms with E-state index in [1.807, 2.05) is 58.1 Å². The zero-order chi connectivity index (χ0) is 48.2. The number of hydrogen-bond acceptors (Lipinski definition) is 13. The lowest BCUT2D eigenvalue weighted by atomic mass is 9.78. The molecule has 3 fully saturated rings. The molecule has 65 heavy (non-hydrogen) atoms. The van der Waals surface area contributed by atoms with Gasteiger partial charge in [0.15, 0.2) is 11.6 Å². The van der Waals surface area contributed by atoms with Gasteiger partial charge in [-0.1, -0.05) is 71.1 Å². The van der Waals surface area contributed by atoms with Gasteiger partial charge < -0.3 is 43.9 Å². The van der Waals surface area contributed by atoms with E-state index in [0.717, 1.165) is 12.0 Å². The summed E-state index contributed by atoms with van der Waals surface area (Å²) in [5.41, 5.74) is 1.19. The highest BCUT2D eigenvalue weighted by Crippen LogP contribution is 2.38. The van der Waals surface area contributed by atoms with Gasteiger partial charge in [-0.05, 0) is 107 Å². The van der Waals surface area contributed by atoms with Crippen LogP contribution in [0.5, 0.6) is 0 Å². The van der Waals surface area contributed by atoms with E-state index in [0.29, 0.717) is 63.4 Å². The molecule has 2 bridgehead atoms. The summed E-state index contributed by atoms with van der Waals surface area (Å²) in [6.45, 7) is 12.7. The minimum absolute atomic E-state index is 0.0220. The number of Topliss-reactive ketones (excluding diaryl/α,β-unsaturated/α-hetero) is 3. The molecule has 14 nitrogen and oxygen atoms in total. The van der Waals surface area contributed by atoms with Gasteiger partial charge in [0.1, 0.15) is 18.2 Å². The predicted molar refractivity (Wildman–Crippen MR) is 245 cm³/mol. The Morgan fingerprint density at radius 3 is 2.26 bits per heavy atom. The summed E-state index contributed by atoms with van der Waals surface area (Å²) in [7, 11) is 4.53. The molecule has 3 aliphatic heterocycles. The van der Waals surface area contributed by atoms with Gasteiger partial charge in [-0.25, -0.2) is 4.79 Å².